The first-order chi connectivity index (χ1) is 10.1. The van der Waals surface area contributed by atoms with Gasteiger partial charge in [0.1, 0.15) is 0 Å². The monoisotopic (exact) mass is 286 g/mol. The summed E-state index contributed by atoms with van der Waals surface area (Å²) in [7, 11) is 0. The molecule has 0 fully saturated rings. The van der Waals surface area contributed by atoms with Gasteiger partial charge >= 0.3 is 11.7 Å². The molecule has 0 bridgehead atoms. The quantitative estimate of drug-likeness (QED) is 0.864. The highest BCUT2D eigenvalue weighted by atomic mass is 16.2. The summed E-state index contributed by atoms with van der Waals surface area (Å²) in [5, 5.41) is 4.29. The standard InChI is InChI=1S/C15H18N4O2/c1-11(2)8-9-18-15(21)19-13(16-18)10-17(14(19)20)12-6-4-3-5-7-12/h3-7,11H,8-10H2,1-2H3. The molecule has 0 saturated carbocycles. The minimum atomic E-state index is -0.339. The Kier molecular flexibility index (Phi) is 3.37. The fourth-order valence-electron chi connectivity index (χ4n) is 2.41. The number of carbonyl (C=O) groups excluding carboxylic acids is 1. The molecule has 1 amide bonds. The molecule has 2 aromatic rings. The van der Waals surface area contributed by atoms with E-state index in [1.54, 1.807) is 4.90 Å². The summed E-state index contributed by atoms with van der Waals surface area (Å²) in [5.74, 6) is 1.00. The maximum absolute atomic E-state index is 12.4. The molecular weight excluding hydrogens is 268 g/mol. The maximum Gasteiger partial charge on any atom is 0.354 e. The number of carbonyl (C=O) groups is 1. The van der Waals surface area contributed by atoms with Gasteiger partial charge in [0.15, 0.2) is 5.82 Å². The Morgan fingerprint density at radius 3 is 2.52 bits per heavy atom. The fourth-order valence-corrected chi connectivity index (χ4v) is 2.41. The van der Waals surface area contributed by atoms with Gasteiger partial charge in [0.05, 0.1) is 6.54 Å². The van der Waals surface area contributed by atoms with E-state index in [9.17, 15) is 9.59 Å². The third-order valence-corrected chi connectivity index (χ3v) is 3.61. The van der Waals surface area contributed by atoms with Crippen LogP contribution in [0.25, 0.3) is 0 Å². The van der Waals surface area contributed by atoms with Gasteiger partial charge in [-0.3, -0.25) is 4.90 Å². The molecular formula is C15H18N4O2. The van der Waals surface area contributed by atoms with Crippen molar-refractivity contribution in [3.05, 3.63) is 46.6 Å². The van der Waals surface area contributed by atoms with Gasteiger partial charge in [-0.15, -0.1) is 0 Å². The number of rotatable bonds is 4. The van der Waals surface area contributed by atoms with Gasteiger partial charge in [-0.05, 0) is 24.5 Å². The molecule has 0 atom stereocenters. The molecule has 0 radical (unpaired) electrons. The van der Waals surface area contributed by atoms with Crippen LogP contribution in [0.2, 0.25) is 0 Å². The minimum Gasteiger partial charge on any atom is -0.286 e. The molecule has 0 N–H and O–H groups in total. The van der Waals surface area contributed by atoms with Crippen LogP contribution in [-0.2, 0) is 13.1 Å². The zero-order valence-corrected chi connectivity index (χ0v) is 12.2. The lowest BCUT2D eigenvalue weighted by atomic mass is 10.1. The summed E-state index contributed by atoms with van der Waals surface area (Å²) in [5.41, 5.74) is 0.440. The second kappa shape index (κ2) is 5.20. The van der Waals surface area contributed by atoms with Gasteiger partial charge in [-0.1, -0.05) is 32.0 Å². The van der Waals surface area contributed by atoms with Gasteiger partial charge in [0.25, 0.3) is 0 Å². The summed E-state index contributed by atoms with van der Waals surface area (Å²) in [4.78, 5) is 26.2. The van der Waals surface area contributed by atoms with Crippen molar-refractivity contribution in [2.75, 3.05) is 4.90 Å². The van der Waals surface area contributed by atoms with E-state index in [0.717, 1.165) is 12.1 Å². The van der Waals surface area contributed by atoms with E-state index in [-0.39, 0.29) is 11.7 Å². The lowest BCUT2D eigenvalue weighted by Crippen LogP contribution is -2.35. The Bertz CT molecular complexity index is 715. The van der Waals surface area contributed by atoms with Gasteiger partial charge in [0, 0.05) is 12.2 Å². The molecule has 21 heavy (non-hydrogen) atoms. The topological polar surface area (TPSA) is 60.1 Å². The molecule has 1 aromatic carbocycles. The van der Waals surface area contributed by atoms with Crippen LogP contribution in [0.4, 0.5) is 10.5 Å². The van der Waals surface area contributed by atoms with Crippen LogP contribution < -0.4 is 10.6 Å². The molecule has 110 valence electrons. The number of nitrogens with zero attached hydrogens (tertiary/aromatic N) is 4. The SMILES string of the molecule is CC(C)CCn1nc2n(c1=O)C(=O)N(c1ccccc1)C2. The van der Waals surface area contributed by atoms with Crippen molar-refractivity contribution >= 4 is 11.7 Å². The number of anilines is 1. The lowest BCUT2D eigenvalue weighted by Gasteiger charge is -2.14. The molecule has 0 spiro atoms. The number of benzene rings is 1. The summed E-state index contributed by atoms with van der Waals surface area (Å²) in [6.07, 6.45) is 0.868. The molecule has 0 saturated heterocycles. The van der Waals surface area contributed by atoms with Gasteiger partial charge < -0.3 is 0 Å². The lowest BCUT2D eigenvalue weighted by molar-refractivity contribution is 0.249. The highest BCUT2D eigenvalue weighted by Gasteiger charge is 2.33. The first-order valence-corrected chi connectivity index (χ1v) is 7.13. The van der Waals surface area contributed by atoms with Gasteiger partial charge in [-0.25, -0.2) is 14.3 Å². The molecule has 1 aliphatic rings. The van der Waals surface area contributed by atoms with Crippen molar-refractivity contribution in [1.29, 1.82) is 0 Å². The highest BCUT2D eigenvalue weighted by Crippen LogP contribution is 2.21. The Labute approximate surface area is 122 Å². The number of aromatic nitrogens is 3. The zero-order valence-electron chi connectivity index (χ0n) is 12.2. The first-order valence-electron chi connectivity index (χ1n) is 7.13. The minimum absolute atomic E-state index is 0.322. The number of hydrogen-bond acceptors (Lipinski definition) is 3. The summed E-state index contributed by atoms with van der Waals surface area (Å²) in [6, 6.07) is 9.00. The van der Waals surface area contributed by atoms with E-state index in [1.165, 1.54) is 9.25 Å². The number of para-hydroxylation sites is 1. The van der Waals surface area contributed by atoms with Crippen LogP contribution in [0.15, 0.2) is 35.1 Å². The highest BCUT2D eigenvalue weighted by molar-refractivity contribution is 5.95. The number of aryl methyl sites for hydroxylation is 1. The van der Waals surface area contributed by atoms with Gasteiger partial charge in [0.2, 0.25) is 0 Å². The van der Waals surface area contributed by atoms with E-state index < -0.39 is 0 Å². The second-order valence-electron chi connectivity index (χ2n) is 5.64. The van der Waals surface area contributed by atoms with E-state index in [4.69, 9.17) is 0 Å². The second-order valence-corrected chi connectivity index (χ2v) is 5.64. The van der Waals surface area contributed by atoms with Crippen molar-refractivity contribution in [1.82, 2.24) is 14.3 Å². The fraction of sp³-hybridized carbons (Fsp3) is 0.400. The van der Waals surface area contributed by atoms with Crippen LogP contribution in [0.3, 0.4) is 0 Å². The van der Waals surface area contributed by atoms with Gasteiger partial charge in [-0.2, -0.15) is 9.67 Å². The average molecular weight is 286 g/mol. The molecule has 1 aromatic heterocycles. The molecule has 6 heteroatoms. The number of amides is 1. The first kappa shape index (κ1) is 13.6. The van der Waals surface area contributed by atoms with Crippen LogP contribution in [0, 0.1) is 5.92 Å². The van der Waals surface area contributed by atoms with Crippen molar-refractivity contribution < 1.29 is 4.79 Å². The third kappa shape index (κ3) is 2.37. The van der Waals surface area contributed by atoms with E-state index >= 15 is 0 Å². The molecule has 0 aliphatic carbocycles. The van der Waals surface area contributed by atoms with Crippen molar-refractivity contribution in [2.24, 2.45) is 5.92 Å². The largest absolute Gasteiger partial charge is 0.354 e. The van der Waals surface area contributed by atoms with Crippen molar-refractivity contribution in [2.45, 2.75) is 33.4 Å². The third-order valence-electron chi connectivity index (χ3n) is 3.61. The predicted octanol–water partition coefficient (Wildman–Crippen LogP) is 2.08. The number of fused-ring (bicyclic) bond motifs is 1. The normalized spacial score (nSPS) is 14.0. The van der Waals surface area contributed by atoms with Crippen molar-refractivity contribution in [3.63, 3.8) is 0 Å². The molecule has 0 unspecified atom stereocenters. The van der Waals surface area contributed by atoms with Crippen LogP contribution in [-0.4, -0.2) is 20.4 Å². The van der Waals surface area contributed by atoms with E-state index in [2.05, 4.69) is 18.9 Å². The van der Waals surface area contributed by atoms with Crippen LogP contribution in [0.1, 0.15) is 26.1 Å². The van der Waals surface area contributed by atoms with Crippen LogP contribution in [0.5, 0.6) is 0 Å². The summed E-state index contributed by atoms with van der Waals surface area (Å²) >= 11 is 0. The van der Waals surface area contributed by atoms with E-state index in [0.29, 0.717) is 24.8 Å². The summed E-state index contributed by atoms with van der Waals surface area (Å²) < 4.78 is 2.57. The van der Waals surface area contributed by atoms with Crippen molar-refractivity contribution in [3.8, 4) is 0 Å². The zero-order chi connectivity index (χ0) is 15.0. The Morgan fingerprint density at radius 1 is 1.19 bits per heavy atom. The van der Waals surface area contributed by atoms with Crippen LogP contribution >= 0.6 is 0 Å². The molecule has 3 rings (SSSR count). The Hall–Kier alpha value is -2.37. The summed E-state index contributed by atoms with van der Waals surface area (Å²) in [6.45, 7) is 5.08. The molecule has 2 heterocycles. The predicted molar refractivity (Wildman–Crippen MR) is 79.4 cm³/mol. The Balaban J connectivity index is 1.87. The molecule has 1 aliphatic heterocycles. The molecule has 6 nitrogen and oxygen atoms in total. The Morgan fingerprint density at radius 2 is 1.90 bits per heavy atom. The average Bonchev–Trinajstić information content (AvgIpc) is 2.96. The smallest absolute Gasteiger partial charge is 0.286 e. The maximum atomic E-state index is 12.4. The van der Waals surface area contributed by atoms with E-state index in [1.807, 2.05) is 30.3 Å². The number of hydrogen-bond donors (Lipinski definition) is 0.